The summed E-state index contributed by atoms with van der Waals surface area (Å²) in [7, 11) is 1.30. The fraction of sp³-hybridized carbons (Fsp3) is 0.818. The van der Waals surface area contributed by atoms with Crippen LogP contribution in [-0.4, -0.2) is 37.6 Å². The quantitative estimate of drug-likeness (QED) is 0.743. The van der Waals surface area contributed by atoms with Gasteiger partial charge in [0, 0.05) is 0 Å². The van der Waals surface area contributed by atoms with Crippen molar-refractivity contribution in [2.24, 2.45) is 5.92 Å². The number of ether oxygens (including phenoxy) is 1. The Morgan fingerprint density at radius 3 is 2.56 bits per heavy atom. The van der Waals surface area contributed by atoms with Crippen LogP contribution >= 0.6 is 0 Å². The van der Waals surface area contributed by atoms with Gasteiger partial charge in [0.05, 0.1) is 19.2 Å². The molecule has 5 nitrogen and oxygen atoms in total. The molecule has 0 aromatic rings. The normalized spacial score (nSPS) is 21.9. The SMILES string of the molecule is COC(=O)NC(C(=O)C1CCCN1)C(C)C. The van der Waals surface area contributed by atoms with E-state index in [0.29, 0.717) is 0 Å². The van der Waals surface area contributed by atoms with E-state index in [9.17, 15) is 9.59 Å². The molecule has 0 spiro atoms. The highest BCUT2D eigenvalue weighted by Gasteiger charge is 2.32. The lowest BCUT2D eigenvalue weighted by atomic mass is 9.94. The summed E-state index contributed by atoms with van der Waals surface area (Å²) in [6, 6.07) is -0.590. The number of carbonyl (C=O) groups excluding carboxylic acids is 2. The number of alkyl carbamates (subject to hydrolysis) is 1. The lowest BCUT2D eigenvalue weighted by molar-refractivity contribution is -0.123. The first-order valence-electron chi connectivity index (χ1n) is 5.68. The van der Waals surface area contributed by atoms with Gasteiger partial charge in [0.25, 0.3) is 0 Å². The van der Waals surface area contributed by atoms with Crippen molar-refractivity contribution >= 4 is 11.9 Å². The molecule has 5 heteroatoms. The van der Waals surface area contributed by atoms with Crippen LogP contribution in [0, 0.1) is 5.92 Å². The number of rotatable bonds is 4. The van der Waals surface area contributed by atoms with E-state index < -0.39 is 12.1 Å². The Labute approximate surface area is 95.9 Å². The molecule has 2 N–H and O–H groups in total. The Hall–Kier alpha value is -1.10. The maximum absolute atomic E-state index is 12.1. The summed E-state index contributed by atoms with van der Waals surface area (Å²) in [5, 5.41) is 5.73. The van der Waals surface area contributed by atoms with E-state index in [1.807, 2.05) is 13.8 Å². The van der Waals surface area contributed by atoms with Gasteiger partial charge >= 0.3 is 6.09 Å². The number of hydrogen-bond donors (Lipinski definition) is 2. The number of nitrogens with one attached hydrogen (secondary N) is 2. The molecule has 0 aromatic heterocycles. The monoisotopic (exact) mass is 228 g/mol. The Morgan fingerprint density at radius 1 is 1.44 bits per heavy atom. The van der Waals surface area contributed by atoms with E-state index in [1.54, 1.807) is 0 Å². The van der Waals surface area contributed by atoms with Gasteiger partial charge in [-0.2, -0.15) is 0 Å². The van der Waals surface area contributed by atoms with Gasteiger partial charge in [-0.3, -0.25) is 4.79 Å². The lowest BCUT2D eigenvalue weighted by Crippen LogP contribution is -2.50. The van der Waals surface area contributed by atoms with Crippen LogP contribution in [0.1, 0.15) is 26.7 Å². The van der Waals surface area contributed by atoms with E-state index in [0.717, 1.165) is 19.4 Å². The molecule has 0 radical (unpaired) electrons. The Balaban J connectivity index is 2.61. The highest BCUT2D eigenvalue weighted by atomic mass is 16.5. The van der Waals surface area contributed by atoms with E-state index in [-0.39, 0.29) is 17.7 Å². The van der Waals surface area contributed by atoms with E-state index in [4.69, 9.17) is 0 Å². The fourth-order valence-corrected chi connectivity index (χ4v) is 1.90. The van der Waals surface area contributed by atoms with Crippen LogP contribution in [0.4, 0.5) is 4.79 Å². The predicted octanol–water partition coefficient (Wildman–Crippen LogP) is 0.688. The van der Waals surface area contributed by atoms with Crippen LogP contribution in [0.5, 0.6) is 0 Å². The zero-order valence-electron chi connectivity index (χ0n) is 10.1. The van der Waals surface area contributed by atoms with Gasteiger partial charge < -0.3 is 15.4 Å². The number of ketones is 1. The standard InChI is InChI=1S/C11H20N2O3/c1-7(2)9(13-11(15)16-3)10(14)8-5-4-6-12-8/h7-9,12H,4-6H2,1-3H3,(H,13,15). The van der Waals surface area contributed by atoms with Gasteiger partial charge in [-0.1, -0.05) is 13.8 Å². The summed E-state index contributed by atoms with van der Waals surface area (Å²) in [5.74, 6) is 0.118. The second kappa shape index (κ2) is 5.84. The Kier molecular flexibility index (Phi) is 4.73. The highest BCUT2D eigenvalue weighted by molar-refractivity contribution is 5.92. The average molecular weight is 228 g/mol. The van der Waals surface area contributed by atoms with E-state index in [2.05, 4.69) is 15.4 Å². The van der Waals surface area contributed by atoms with Gasteiger partial charge in [-0.05, 0) is 25.3 Å². The highest BCUT2D eigenvalue weighted by Crippen LogP contribution is 2.12. The Bertz CT molecular complexity index is 260. The molecular formula is C11H20N2O3. The largest absolute Gasteiger partial charge is 0.453 e. The molecule has 16 heavy (non-hydrogen) atoms. The van der Waals surface area contributed by atoms with Gasteiger partial charge in [-0.25, -0.2) is 4.79 Å². The molecule has 2 atom stereocenters. The van der Waals surface area contributed by atoms with Crippen LogP contribution in [-0.2, 0) is 9.53 Å². The first-order valence-corrected chi connectivity index (χ1v) is 5.68. The molecule has 1 rings (SSSR count). The summed E-state index contributed by atoms with van der Waals surface area (Å²) in [5.41, 5.74) is 0. The zero-order valence-corrected chi connectivity index (χ0v) is 10.1. The smallest absolute Gasteiger partial charge is 0.407 e. The molecule has 92 valence electrons. The minimum absolute atomic E-state index is 0.0536. The van der Waals surface area contributed by atoms with Crippen molar-refractivity contribution in [3.63, 3.8) is 0 Å². The van der Waals surface area contributed by atoms with Crippen LogP contribution in [0.2, 0.25) is 0 Å². The number of Topliss-reactive ketones (excluding diaryl/α,β-unsaturated/α-hetero) is 1. The van der Waals surface area contributed by atoms with Crippen molar-refractivity contribution in [3.05, 3.63) is 0 Å². The topological polar surface area (TPSA) is 67.4 Å². The number of amides is 1. The third-order valence-electron chi connectivity index (χ3n) is 2.84. The molecule has 1 amide bonds. The van der Waals surface area contributed by atoms with Gasteiger partial charge in [0.1, 0.15) is 0 Å². The first-order chi connectivity index (χ1) is 7.56. The first kappa shape index (κ1) is 13.0. The fourth-order valence-electron chi connectivity index (χ4n) is 1.90. The van der Waals surface area contributed by atoms with Crippen LogP contribution in [0.25, 0.3) is 0 Å². The molecule has 1 heterocycles. The minimum Gasteiger partial charge on any atom is -0.453 e. The summed E-state index contributed by atoms with van der Waals surface area (Å²) in [6.45, 7) is 4.69. The minimum atomic E-state index is -0.551. The van der Waals surface area contributed by atoms with Crippen molar-refractivity contribution in [2.45, 2.75) is 38.8 Å². The number of carbonyl (C=O) groups is 2. The molecule has 0 aromatic carbocycles. The Morgan fingerprint density at radius 2 is 2.12 bits per heavy atom. The van der Waals surface area contributed by atoms with Gasteiger partial charge in [-0.15, -0.1) is 0 Å². The van der Waals surface area contributed by atoms with Crippen LogP contribution < -0.4 is 10.6 Å². The third kappa shape index (κ3) is 3.20. The van der Waals surface area contributed by atoms with Crippen molar-refractivity contribution < 1.29 is 14.3 Å². The van der Waals surface area contributed by atoms with Crippen LogP contribution in [0.15, 0.2) is 0 Å². The molecule has 2 unspecified atom stereocenters. The molecule has 1 saturated heterocycles. The second-order valence-electron chi connectivity index (χ2n) is 4.41. The molecule has 0 aliphatic carbocycles. The van der Waals surface area contributed by atoms with Crippen molar-refractivity contribution in [3.8, 4) is 0 Å². The lowest BCUT2D eigenvalue weighted by Gasteiger charge is -2.23. The zero-order chi connectivity index (χ0) is 12.1. The number of methoxy groups -OCH3 is 1. The summed E-state index contributed by atoms with van der Waals surface area (Å²) in [6.07, 6.45) is 1.31. The summed E-state index contributed by atoms with van der Waals surface area (Å²) >= 11 is 0. The van der Waals surface area contributed by atoms with E-state index >= 15 is 0 Å². The third-order valence-corrected chi connectivity index (χ3v) is 2.84. The van der Waals surface area contributed by atoms with Crippen LogP contribution in [0.3, 0.4) is 0 Å². The molecule has 0 saturated carbocycles. The van der Waals surface area contributed by atoms with Crippen molar-refractivity contribution in [1.29, 1.82) is 0 Å². The second-order valence-corrected chi connectivity index (χ2v) is 4.41. The van der Waals surface area contributed by atoms with Gasteiger partial charge in [0.2, 0.25) is 0 Å². The summed E-state index contributed by atoms with van der Waals surface area (Å²) in [4.78, 5) is 23.2. The molecule has 1 fully saturated rings. The predicted molar refractivity (Wildman–Crippen MR) is 60.2 cm³/mol. The molecule has 1 aliphatic rings. The summed E-state index contributed by atoms with van der Waals surface area (Å²) < 4.78 is 4.52. The molecule has 0 bridgehead atoms. The molecular weight excluding hydrogens is 208 g/mol. The van der Waals surface area contributed by atoms with E-state index in [1.165, 1.54) is 7.11 Å². The van der Waals surface area contributed by atoms with Crippen molar-refractivity contribution in [1.82, 2.24) is 10.6 Å². The van der Waals surface area contributed by atoms with Gasteiger partial charge in [0.15, 0.2) is 5.78 Å². The maximum atomic E-state index is 12.1. The number of hydrogen-bond acceptors (Lipinski definition) is 4. The molecule has 1 aliphatic heterocycles. The van der Waals surface area contributed by atoms with Crippen molar-refractivity contribution in [2.75, 3.05) is 13.7 Å². The maximum Gasteiger partial charge on any atom is 0.407 e. The average Bonchev–Trinajstić information content (AvgIpc) is 2.77.